The molecule has 0 saturated heterocycles. The number of phosphoric ester groups is 2. The first-order valence-corrected chi connectivity index (χ1v) is 41.7. The van der Waals surface area contributed by atoms with Gasteiger partial charge in [-0.05, 0) is 49.4 Å². The number of ether oxygens (including phenoxy) is 4. The molecule has 558 valence electrons. The molecule has 0 heterocycles. The molecule has 0 amide bonds. The summed E-state index contributed by atoms with van der Waals surface area (Å²) in [5.74, 6) is 0.887. The minimum atomic E-state index is -4.96. The fourth-order valence-electron chi connectivity index (χ4n) is 11.4. The second-order valence-corrected chi connectivity index (χ2v) is 31.9. The van der Waals surface area contributed by atoms with E-state index in [0.717, 1.165) is 114 Å². The zero-order valence-corrected chi connectivity index (χ0v) is 63.4. The van der Waals surface area contributed by atoms with Crippen molar-refractivity contribution in [2.45, 2.75) is 395 Å². The normalized spacial score (nSPS) is 14.2. The molecule has 0 bridgehead atoms. The van der Waals surface area contributed by atoms with E-state index in [1.54, 1.807) is 0 Å². The molecule has 0 aromatic rings. The minimum Gasteiger partial charge on any atom is -0.462 e. The summed E-state index contributed by atoms with van der Waals surface area (Å²) in [6.07, 6.45) is 48.7. The van der Waals surface area contributed by atoms with Gasteiger partial charge in [-0.1, -0.05) is 325 Å². The second kappa shape index (κ2) is 64.4. The van der Waals surface area contributed by atoms with Crippen molar-refractivity contribution in [3.63, 3.8) is 0 Å². The van der Waals surface area contributed by atoms with Gasteiger partial charge >= 0.3 is 39.5 Å². The van der Waals surface area contributed by atoms with Crippen molar-refractivity contribution in [3.8, 4) is 0 Å². The monoisotopic (exact) mass is 1380 g/mol. The topological polar surface area (TPSA) is 237 Å². The molecule has 0 aliphatic heterocycles. The van der Waals surface area contributed by atoms with Crippen LogP contribution in [0.3, 0.4) is 0 Å². The van der Waals surface area contributed by atoms with Crippen molar-refractivity contribution < 1.29 is 80.2 Å². The van der Waals surface area contributed by atoms with Gasteiger partial charge < -0.3 is 33.8 Å². The van der Waals surface area contributed by atoms with Crippen molar-refractivity contribution in [1.29, 1.82) is 0 Å². The van der Waals surface area contributed by atoms with Gasteiger partial charge in [0, 0.05) is 25.7 Å². The molecule has 5 atom stereocenters. The smallest absolute Gasteiger partial charge is 0.462 e. The Kier molecular flexibility index (Phi) is 63.1. The third-order valence-corrected chi connectivity index (χ3v) is 19.2. The molecule has 0 aliphatic rings. The molecule has 3 N–H and O–H groups in total. The Balaban J connectivity index is 5.22. The molecular formula is C75H146O17P2. The Morgan fingerprint density at radius 3 is 0.660 bits per heavy atom. The van der Waals surface area contributed by atoms with Gasteiger partial charge in [-0.25, -0.2) is 9.13 Å². The third kappa shape index (κ3) is 68.6. The molecule has 0 fully saturated rings. The number of rotatable bonds is 72. The van der Waals surface area contributed by atoms with Crippen LogP contribution in [0.15, 0.2) is 0 Å². The highest BCUT2D eigenvalue weighted by molar-refractivity contribution is 7.47. The number of esters is 4. The van der Waals surface area contributed by atoms with Crippen molar-refractivity contribution in [1.82, 2.24) is 0 Å². The molecule has 0 radical (unpaired) electrons. The number of aliphatic hydroxyl groups is 1. The summed E-state index contributed by atoms with van der Waals surface area (Å²) < 4.78 is 68.5. The highest BCUT2D eigenvalue weighted by Crippen LogP contribution is 2.45. The summed E-state index contributed by atoms with van der Waals surface area (Å²) in [6.45, 7) is 14.1. The molecule has 0 aromatic heterocycles. The average molecular weight is 1380 g/mol. The highest BCUT2D eigenvalue weighted by Gasteiger charge is 2.30. The van der Waals surface area contributed by atoms with Crippen LogP contribution in [0.25, 0.3) is 0 Å². The first-order valence-electron chi connectivity index (χ1n) is 38.7. The summed E-state index contributed by atoms with van der Waals surface area (Å²) in [5, 5.41) is 10.6. The molecule has 94 heavy (non-hydrogen) atoms. The second-order valence-electron chi connectivity index (χ2n) is 28.9. The van der Waals surface area contributed by atoms with Gasteiger partial charge in [-0.3, -0.25) is 37.3 Å². The summed E-state index contributed by atoms with van der Waals surface area (Å²) >= 11 is 0. The van der Waals surface area contributed by atoms with E-state index in [0.29, 0.717) is 31.6 Å². The zero-order valence-electron chi connectivity index (χ0n) is 61.6. The number of carbonyl (C=O) groups excluding carboxylic acids is 4. The lowest BCUT2D eigenvalue weighted by Gasteiger charge is -2.21. The Labute approximate surface area is 575 Å². The van der Waals surface area contributed by atoms with E-state index in [1.807, 2.05) is 0 Å². The van der Waals surface area contributed by atoms with E-state index in [-0.39, 0.29) is 25.7 Å². The van der Waals surface area contributed by atoms with E-state index in [9.17, 15) is 43.2 Å². The fourth-order valence-corrected chi connectivity index (χ4v) is 13.0. The van der Waals surface area contributed by atoms with Crippen molar-refractivity contribution in [2.75, 3.05) is 39.6 Å². The lowest BCUT2D eigenvalue weighted by atomic mass is 10.0. The van der Waals surface area contributed by atoms with Gasteiger partial charge in [0.25, 0.3) is 0 Å². The average Bonchev–Trinajstić information content (AvgIpc) is 2.77. The highest BCUT2D eigenvalue weighted by atomic mass is 31.2. The number of unbranched alkanes of at least 4 members (excludes halogenated alkanes) is 38. The maximum absolute atomic E-state index is 13.1. The van der Waals surface area contributed by atoms with Gasteiger partial charge in [-0.2, -0.15) is 0 Å². The number of phosphoric acid groups is 2. The maximum Gasteiger partial charge on any atom is 0.472 e. The van der Waals surface area contributed by atoms with Crippen molar-refractivity contribution in [2.24, 2.45) is 23.7 Å². The van der Waals surface area contributed by atoms with Crippen molar-refractivity contribution in [3.05, 3.63) is 0 Å². The Bertz CT molecular complexity index is 1850. The summed E-state index contributed by atoms with van der Waals surface area (Å²) in [4.78, 5) is 72.7. The molecule has 0 spiro atoms. The Morgan fingerprint density at radius 1 is 0.266 bits per heavy atom. The largest absolute Gasteiger partial charge is 0.472 e. The summed E-state index contributed by atoms with van der Waals surface area (Å²) in [6, 6.07) is 0. The van der Waals surface area contributed by atoms with Crippen molar-refractivity contribution >= 4 is 39.5 Å². The maximum atomic E-state index is 13.1. The van der Waals surface area contributed by atoms with Gasteiger partial charge in [-0.15, -0.1) is 0 Å². The molecule has 0 saturated carbocycles. The van der Waals surface area contributed by atoms with E-state index in [1.165, 1.54) is 173 Å². The SMILES string of the molecule is CC(C)CCCCCCCCCCCCCCCCCCC(=O)O[C@H](COC(=O)CCCCCCCCCC(C)C)COP(=O)(O)OCC(O)COP(=O)(O)OC[C@@H](COC(=O)CCCCCCCCCCCC(C)C)OC(=O)CCCCCCCCCCCCC(C)C. The Hall–Kier alpha value is -1.94. The molecule has 17 nitrogen and oxygen atoms in total. The van der Waals surface area contributed by atoms with Crippen LogP contribution in [0.2, 0.25) is 0 Å². The van der Waals surface area contributed by atoms with Gasteiger partial charge in [0.05, 0.1) is 26.4 Å². The van der Waals surface area contributed by atoms with Gasteiger partial charge in [0.15, 0.2) is 12.2 Å². The van der Waals surface area contributed by atoms with Crippen LogP contribution >= 0.6 is 15.6 Å². The number of hydrogen-bond donors (Lipinski definition) is 3. The van der Waals surface area contributed by atoms with E-state index in [2.05, 4.69) is 55.4 Å². The summed E-state index contributed by atoms with van der Waals surface area (Å²) in [5.41, 5.74) is 0. The van der Waals surface area contributed by atoms with Gasteiger partial charge in [0.2, 0.25) is 0 Å². The standard InChI is InChI=1S/C75H146O17P2/c1-65(2)51-43-35-27-20-15-13-11-9-10-12-14-16-23-32-41-49-57-74(79)92-71(62-86-73(78)56-48-40-34-26-30-38-46-54-68(7)8)64-90-94(83,84)88-60-69(76)59-87-93(81,82)89-63-70(61-85-72(77)55-47-39-31-25-19-22-29-37-45-53-67(5)6)91-75(80)58-50-42-33-24-18-17-21-28-36-44-52-66(3)4/h65-71,76H,9-64H2,1-8H3,(H,81,82)(H,83,84)/t69?,70-,71-/m1/s1. The number of aliphatic hydroxyl groups excluding tert-OH is 1. The van der Waals surface area contributed by atoms with E-state index in [4.69, 9.17) is 37.0 Å². The van der Waals surface area contributed by atoms with E-state index < -0.39 is 97.5 Å². The molecule has 0 aliphatic carbocycles. The molecule has 19 heteroatoms. The van der Waals surface area contributed by atoms with Crippen LogP contribution < -0.4 is 0 Å². The summed E-state index contributed by atoms with van der Waals surface area (Å²) in [7, 11) is -9.91. The predicted octanol–water partition coefficient (Wildman–Crippen LogP) is 21.7. The van der Waals surface area contributed by atoms with Crippen LogP contribution in [-0.2, 0) is 65.4 Å². The first-order chi connectivity index (χ1) is 45.1. The minimum absolute atomic E-state index is 0.105. The molecule has 0 aromatic carbocycles. The lowest BCUT2D eigenvalue weighted by Crippen LogP contribution is -2.30. The molecular weight excluding hydrogens is 1230 g/mol. The predicted molar refractivity (Wildman–Crippen MR) is 381 cm³/mol. The van der Waals surface area contributed by atoms with Crippen LogP contribution in [0.4, 0.5) is 0 Å². The number of hydrogen-bond acceptors (Lipinski definition) is 15. The molecule has 3 unspecified atom stereocenters. The first kappa shape index (κ1) is 92.1. The third-order valence-electron chi connectivity index (χ3n) is 17.3. The lowest BCUT2D eigenvalue weighted by molar-refractivity contribution is -0.161. The zero-order chi connectivity index (χ0) is 69.6. The van der Waals surface area contributed by atoms with E-state index >= 15 is 0 Å². The Morgan fingerprint density at radius 2 is 0.447 bits per heavy atom. The quantitative estimate of drug-likeness (QED) is 0.0222. The fraction of sp³-hybridized carbons (Fsp3) is 0.947. The number of carbonyl (C=O) groups is 4. The van der Waals surface area contributed by atoms with Crippen LogP contribution in [0.1, 0.15) is 376 Å². The van der Waals surface area contributed by atoms with Crippen LogP contribution in [-0.4, -0.2) is 96.7 Å². The molecule has 0 rings (SSSR count). The van der Waals surface area contributed by atoms with Gasteiger partial charge in [0.1, 0.15) is 19.3 Å². The van der Waals surface area contributed by atoms with Crippen LogP contribution in [0, 0.1) is 23.7 Å². The van der Waals surface area contributed by atoms with Crippen LogP contribution in [0.5, 0.6) is 0 Å².